The van der Waals surface area contributed by atoms with Crippen LogP contribution >= 0.6 is 0 Å². The Labute approximate surface area is 81.7 Å². The minimum absolute atomic E-state index is 0. The van der Waals surface area contributed by atoms with Crippen LogP contribution in [0.3, 0.4) is 0 Å². The van der Waals surface area contributed by atoms with E-state index in [-0.39, 0.29) is 29.6 Å². The fourth-order valence-electron chi connectivity index (χ4n) is 0.729. The molecule has 0 fully saturated rings. The zero-order valence-electron chi connectivity index (χ0n) is 6.11. The van der Waals surface area contributed by atoms with Crippen LogP contribution < -0.4 is 0 Å². The topological polar surface area (TPSA) is 0 Å². The van der Waals surface area contributed by atoms with E-state index in [1.807, 2.05) is 0 Å². The van der Waals surface area contributed by atoms with Crippen molar-refractivity contribution in [1.82, 2.24) is 0 Å². The fourth-order valence-corrected chi connectivity index (χ4v) is 0.729. The Morgan fingerprint density at radius 1 is 1.22 bits per heavy atom. The quantitative estimate of drug-likeness (QED) is 0.412. The summed E-state index contributed by atoms with van der Waals surface area (Å²) in [5.74, 6) is 0.876. The third kappa shape index (κ3) is 12.2. The van der Waals surface area contributed by atoms with Crippen LogP contribution in [0.15, 0.2) is 0 Å². The van der Waals surface area contributed by atoms with E-state index in [9.17, 15) is 0 Å². The Hall–Kier alpha value is 1.00. The second-order valence-corrected chi connectivity index (χ2v) is 2.74. The molecule has 51 valence electrons. The molecule has 0 bridgehead atoms. The van der Waals surface area contributed by atoms with E-state index >= 15 is 0 Å². The molecule has 0 atom stereocenters. The third-order valence-corrected chi connectivity index (χ3v) is 1.28. The molecule has 0 saturated heterocycles. The first kappa shape index (κ1) is 12.7. The predicted molar refractivity (Wildman–Crippen MR) is 45.8 cm³/mol. The summed E-state index contributed by atoms with van der Waals surface area (Å²) < 4.78 is 0. The van der Waals surface area contributed by atoms with Crippen LogP contribution in [0.5, 0.6) is 0 Å². The average Bonchev–Trinajstić information content (AvgIpc) is 1.66. The molecule has 1 heteroatoms. The minimum atomic E-state index is 0. The Balaban J connectivity index is 0. The van der Waals surface area contributed by atoms with Crippen LogP contribution in [0, 0.1) is 12.8 Å². The first-order valence-electron chi connectivity index (χ1n) is 3.56. The second kappa shape index (κ2) is 9.00. The summed E-state index contributed by atoms with van der Waals surface area (Å²) in [6, 6.07) is 0. The molecule has 0 aliphatic heterocycles. The van der Waals surface area contributed by atoms with Crippen LogP contribution in [0.1, 0.15) is 39.5 Å². The first-order valence-corrected chi connectivity index (χ1v) is 3.56. The van der Waals surface area contributed by atoms with Gasteiger partial charge in [0.15, 0.2) is 0 Å². The van der Waals surface area contributed by atoms with Crippen molar-refractivity contribution in [2.45, 2.75) is 39.5 Å². The van der Waals surface area contributed by atoms with Gasteiger partial charge in [0, 0.05) is 0 Å². The van der Waals surface area contributed by atoms with E-state index in [0.29, 0.717) is 0 Å². The van der Waals surface area contributed by atoms with Gasteiger partial charge in [-0.05, 0) is 5.92 Å². The van der Waals surface area contributed by atoms with Crippen molar-refractivity contribution in [1.29, 1.82) is 0 Å². The molecular formula is C8H18Na. The van der Waals surface area contributed by atoms with E-state index in [0.717, 1.165) is 12.3 Å². The number of rotatable bonds is 4. The molecule has 9 heavy (non-hydrogen) atoms. The van der Waals surface area contributed by atoms with Crippen LogP contribution in [0.4, 0.5) is 0 Å². The molecular weight excluding hydrogens is 119 g/mol. The molecule has 0 heterocycles. The van der Waals surface area contributed by atoms with Gasteiger partial charge in [0.1, 0.15) is 0 Å². The summed E-state index contributed by atoms with van der Waals surface area (Å²) in [5.41, 5.74) is 0. The second-order valence-electron chi connectivity index (χ2n) is 2.74. The molecule has 0 amide bonds. The standard InChI is InChI=1S/C8H17.Na.H/c1-4-5-6-7-8(2)3;;/h8H,1,4-7H2,2-3H3;;. The van der Waals surface area contributed by atoms with E-state index in [2.05, 4.69) is 20.8 Å². The van der Waals surface area contributed by atoms with Crippen molar-refractivity contribution in [2.75, 3.05) is 0 Å². The van der Waals surface area contributed by atoms with Crippen LogP contribution in [0.2, 0.25) is 0 Å². The van der Waals surface area contributed by atoms with Crippen molar-refractivity contribution in [2.24, 2.45) is 5.92 Å². The molecule has 0 spiro atoms. The summed E-state index contributed by atoms with van der Waals surface area (Å²) >= 11 is 0. The molecule has 0 saturated carbocycles. The molecule has 0 aliphatic carbocycles. The molecule has 0 aromatic rings. The van der Waals surface area contributed by atoms with Crippen molar-refractivity contribution in [3.05, 3.63) is 6.92 Å². The molecule has 0 nitrogen and oxygen atoms in total. The van der Waals surface area contributed by atoms with Gasteiger partial charge in [0.05, 0.1) is 0 Å². The van der Waals surface area contributed by atoms with Crippen molar-refractivity contribution in [3.8, 4) is 0 Å². The molecule has 0 N–H and O–H groups in total. The van der Waals surface area contributed by atoms with Gasteiger partial charge < -0.3 is 0 Å². The molecule has 0 aromatic carbocycles. The SMILES string of the molecule is [CH2]CCCCC(C)C.[NaH]. The number of hydrogen-bond donors (Lipinski definition) is 0. The first-order chi connectivity index (χ1) is 3.77. The molecule has 0 rings (SSSR count). The maximum atomic E-state index is 3.78. The predicted octanol–water partition coefficient (Wildman–Crippen LogP) is 2.39. The van der Waals surface area contributed by atoms with Gasteiger partial charge >= 0.3 is 29.6 Å². The number of unbranched alkanes of at least 4 members (excludes halogenated alkanes) is 2. The van der Waals surface area contributed by atoms with Gasteiger partial charge in [-0.2, -0.15) is 0 Å². The Morgan fingerprint density at radius 3 is 2.11 bits per heavy atom. The zero-order valence-corrected chi connectivity index (χ0v) is 6.11. The zero-order chi connectivity index (χ0) is 6.41. The molecule has 0 aliphatic rings. The third-order valence-electron chi connectivity index (χ3n) is 1.28. The van der Waals surface area contributed by atoms with Gasteiger partial charge in [-0.1, -0.05) is 46.5 Å². The Bertz CT molecular complexity index is 41.8. The molecule has 0 aromatic heterocycles. The summed E-state index contributed by atoms with van der Waals surface area (Å²) in [7, 11) is 0. The summed E-state index contributed by atoms with van der Waals surface area (Å²) in [6.07, 6.45) is 5.14. The van der Waals surface area contributed by atoms with Crippen molar-refractivity contribution >= 4 is 29.6 Å². The maximum absolute atomic E-state index is 3.78. The van der Waals surface area contributed by atoms with Crippen molar-refractivity contribution < 1.29 is 0 Å². The van der Waals surface area contributed by atoms with Gasteiger partial charge in [0.25, 0.3) is 0 Å². The van der Waals surface area contributed by atoms with Crippen molar-refractivity contribution in [3.63, 3.8) is 0 Å². The van der Waals surface area contributed by atoms with Crippen LogP contribution in [-0.2, 0) is 0 Å². The summed E-state index contributed by atoms with van der Waals surface area (Å²) in [4.78, 5) is 0. The van der Waals surface area contributed by atoms with Gasteiger partial charge in [0.2, 0.25) is 0 Å². The van der Waals surface area contributed by atoms with Crippen LogP contribution in [-0.4, -0.2) is 29.6 Å². The fraction of sp³-hybridized carbons (Fsp3) is 0.875. The average molecular weight is 137 g/mol. The number of hydrogen-bond acceptors (Lipinski definition) is 0. The molecule has 1 radical (unpaired) electrons. The van der Waals surface area contributed by atoms with E-state index < -0.39 is 0 Å². The summed E-state index contributed by atoms with van der Waals surface area (Å²) in [6.45, 7) is 8.32. The van der Waals surface area contributed by atoms with E-state index in [1.54, 1.807) is 0 Å². The Kier molecular flexibility index (Phi) is 12.7. The van der Waals surface area contributed by atoms with Crippen LogP contribution in [0.25, 0.3) is 0 Å². The summed E-state index contributed by atoms with van der Waals surface area (Å²) in [5, 5.41) is 0. The monoisotopic (exact) mass is 137 g/mol. The van der Waals surface area contributed by atoms with E-state index in [1.165, 1.54) is 19.3 Å². The van der Waals surface area contributed by atoms with E-state index in [4.69, 9.17) is 0 Å². The van der Waals surface area contributed by atoms with Gasteiger partial charge in [-0.25, -0.2) is 0 Å². The normalized spacial score (nSPS) is 9.33. The van der Waals surface area contributed by atoms with Gasteiger partial charge in [-0.15, -0.1) is 0 Å². The Morgan fingerprint density at radius 2 is 1.78 bits per heavy atom. The molecule has 0 unspecified atom stereocenters. The van der Waals surface area contributed by atoms with Gasteiger partial charge in [-0.3, -0.25) is 0 Å².